The van der Waals surface area contributed by atoms with Gasteiger partial charge < -0.3 is 40.3 Å². The zero-order valence-corrected chi connectivity index (χ0v) is 35.6. The van der Waals surface area contributed by atoms with E-state index in [9.17, 15) is 35.1 Å². The van der Waals surface area contributed by atoms with Crippen LogP contribution in [0.2, 0.25) is 0 Å². The van der Waals surface area contributed by atoms with Crippen LogP contribution in [0.5, 0.6) is 17.2 Å². The number of aryl methyl sites for hydroxylation is 1. The minimum atomic E-state index is -0.665. The van der Waals surface area contributed by atoms with Crippen LogP contribution in [0.15, 0.2) is 60.7 Å². The van der Waals surface area contributed by atoms with E-state index < -0.39 is 24.0 Å². The van der Waals surface area contributed by atoms with E-state index in [1.54, 1.807) is 39.8 Å². The number of anilines is 1. The van der Waals surface area contributed by atoms with Gasteiger partial charge in [0, 0.05) is 41.2 Å². The van der Waals surface area contributed by atoms with Crippen molar-refractivity contribution >= 4 is 49.6 Å². The third-order valence-corrected chi connectivity index (χ3v) is 13.8. The summed E-state index contributed by atoms with van der Waals surface area (Å²) < 4.78 is 12.6. The SMILES string of the molecule is COc1c(O)ccc2c1-c1ccc3ccc(O)cc3c1CSSC[C@@H](O)CC[C@@H](O[C@H](NCCCC1(O)CCCC1)c1ccc(NCC(C)=O)c(CO)c1)CC(=O)CC2. The molecule has 1 fully saturated rings. The van der Waals surface area contributed by atoms with Crippen molar-refractivity contribution in [3.8, 4) is 28.4 Å². The molecular weight excluding hydrogens is 789 g/mol. The van der Waals surface area contributed by atoms with E-state index in [0.29, 0.717) is 66.3 Å². The van der Waals surface area contributed by atoms with E-state index in [2.05, 4.69) is 10.6 Å². The second-order valence-electron chi connectivity index (χ2n) is 15.9. The van der Waals surface area contributed by atoms with Crippen LogP contribution < -0.4 is 15.4 Å². The van der Waals surface area contributed by atoms with Crippen molar-refractivity contribution in [3.05, 3.63) is 82.9 Å². The molecule has 3 atom stereocenters. The number of ether oxygens (including phenoxy) is 2. The summed E-state index contributed by atoms with van der Waals surface area (Å²) in [5.41, 5.74) is 4.66. The van der Waals surface area contributed by atoms with Gasteiger partial charge in [0.1, 0.15) is 23.5 Å². The summed E-state index contributed by atoms with van der Waals surface area (Å²) in [7, 11) is 4.66. The largest absolute Gasteiger partial charge is 0.508 e. The van der Waals surface area contributed by atoms with Gasteiger partial charge >= 0.3 is 0 Å². The molecule has 2 aliphatic rings. The number of phenols is 2. The number of benzene rings is 4. The Bertz CT molecular complexity index is 2070. The molecule has 13 heteroatoms. The molecule has 0 spiro atoms. The molecule has 4 aromatic carbocycles. The smallest absolute Gasteiger partial charge is 0.168 e. The first-order chi connectivity index (χ1) is 28.5. The lowest BCUT2D eigenvalue weighted by atomic mass is 9.89. The van der Waals surface area contributed by atoms with Crippen LogP contribution in [-0.2, 0) is 33.1 Å². The molecule has 0 saturated heterocycles. The third kappa shape index (κ3) is 11.9. The van der Waals surface area contributed by atoms with Gasteiger partial charge in [-0.2, -0.15) is 0 Å². The number of phenolic OH excluding ortho intramolecular Hbond substituents is 2. The van der Waals surface area contributed by atoms with Crippen LogP contribution in [0.3, 0.4) is 0 Å². The number of methoxy groups -OCH3 is 1. The van der Waals surface area contributed by atoms with E-state index in [0.717, 1.165) is 65.1 Å². The zero-order chi connectivity index (χ0) is 41.9. The molecular formula is C46H58N2O9S2. The second-order valence-corrected chi connectivity index (χ2v) is 18.4. The number of ketones is 2. The molecule has 1 aliphatic heterocycles. The van der Waals surface area contributed by atoms with Crippen LogP contribution in [-0.4, -0.2) is 80.9 Å². The summed E-state index contributed by atoms with van der Waals surface area (Å²) >= 11 is 0. The first-order valence-electron chi connectivity index (χ1n) is 20.6. The van der Waals surface area contributed by atoms with Gasteiger partial charge in [-0.15, -0.1) is 0 Å². The molecule has 0 aromatic heterocycles. The van der Waals surface area contributed by atoms with E-state index in [4.69, 9.17) is 9.47 Å². The number of aliphatic hydroxyl groups is 3. The monoisotopic (exact) mass is 846 g/mol. The molecule has 4 aromatic rings. The molecule has 318 valence electrons. The van der Waals surface area contributed by atoms with E-state index in [-0.39, 0.29) is 49.1 Å². The van der Waals surface area contributed by atoms with Crippen molar-refractivity contribution in [1.29, 1.82) is 0 Å². The maximum absolute atomic E-state index is 14.0. The van der Waals surface area contributed by atoms with Crippen LogP contribution >= 0.6 is 21.6 Å². The number of aromatic hydroxyl groups is 2. The fourth-order valence-corrected chi connectivity index (χ4v) is 10.6. The highest BCUT2D eigenvalue weighted by molar-refractivity contribution is 8.76. The number of carbonyl (C=O) groups excluding carboxylic acids is 2. The molecule has 1 saturated carbocycles. The average molecular weight is 847 g/mol. The van der Waals surface area contributed by atoms with E-state index in [1.165, 1.54) is 14.0 Å². The van der Waals surface area contributed by atoms with Gasteiger partial charge in [0.15, 0.2) is 11.5 Å². The Kier molecular flexibility index (Phi) is 16.0. The molecule has 7 N–H and O–H groups in total. The topological polar surface area (TPSA) is 178 Å². The summed E-state index contributed by atoms with van der Waals surface area (Å²) in [5.74, 6) is 1.36. The van der Waals surface area contributed by atoms with Gasteiger partial charge in [-0.3, -0.25) is 14.9 Å². The first-order valence-corrected chi connectivity index (χ1v) is 23.1. The van der Waals surface area contributed by atoms with E-state index >= 15 is 0 Å². The second kappa shape index (κ2) is 21.1. The Hall–Kier alpha value is -3.82. The van der Waals surface area contributed by atoms with Crippen molar-refractivity contribution in [3.63, 3.8) is 0 Å². The van der Waals surface area contributed by atoms with Crippen molar-refractivity contribution in [2.75, 3.05) is 31.3 Å². The first kappa shape index (κ1) is 44.7. The highest BCUT2D eigenvalue weighted by atomic mass is 33.1. The summed E-state index contributed by atoms with van der Waals surface area (Å²) in [5, 5.41) is 62.4. The molecule has 59 heavy (non-hydrogen) atoms. The quantitative estimate of drug-likeness (QED) is 0.0391. The number of carbonyl (C=O) groups is 2. The minimum Gasteiger partial charge on any atom is -0.508 e. The lowest BCUT2D eigenvalue weighted by Gasteiger charge is -2.28. The molecule has 6 rings (SSSR count). The van der Waals surface area contributed by atoms with Crippen molar-refractivity contribution in [2.45, 2.75) is 114 Å². The summed E-state index contributed by atoms with van der Waals surface area (Å²) in [6, 6.07) is 18.2. The van der Waals surface area contributed by atoms with E-state index in [1.807, 2.05) is 42.5 Å². The Balaban J connectivity index is 1.28. The molecule has 0 radical (unpaired) electrons. The fraction of sp³-hybridized carbons (Fsp3) is 0.478. The summed E-state index contributed by atoms with van der Waals surface area (Å²) in [6.45, 7) is 1.91. The van der Waals surface area contributed by atoms with Gasteiger partial charge in [-0.1, -0.05) is 64.8 Å². The number of hydrogen-bond acceptors (Lipinski definition) is 13. The van der Waals surface area contributed by atoms with Crippen LogP contribution in [0.4, 0.5) is 5.69 Å². The number of fused-ring (bicyclic) bond motifs is 5. The predicted octanol–water partition coefficient (Wildman–Crippen LogP) is 8.11. The normalized spacial score (nSPS) is 19.5. The summed E-state index contributed by atoms with van der Waals surface area (Å²) in [4.78, 5) is 25.7. The van der Waals surface area contributed by atoms with Crippen molar-refractivity contribution < 1.29 is 44.6 Å². The summed E-state index contributed by atoms with van der Waals surface area (Å²) in [6.07, 6.45) is 4.66. The lowest BCUT2D eigenvalue weighted by Crippen LogP contribution is -2.32. The Morgan fingerprint density at radius 3 is 2.56 bits per heavy atom. The molecule has 0 bridgehead atoms. The van der Waals surface area contributed by atoms with Crippen LogP contribution in [0, 0.1) is 0 Å². The van der Waals surface area contributed by atoms with Crippen molar-refractivity contribution in [2.24, 2.45) is 0 Å². The predicted molar refractivity (Wildman–Crippen MR) is 236 cm³/mol. The maximum Gasteiger partial charge on any atom is 0.168 e. The zero-order valence-electron chi connectivity index (χ0n) is 34.0. The Morgan fingerprint density at radius 2 is 1.80 bits per heavy atom. The Labute approximate surface area is 354 Å². The molecule has 0 unspecified atom stereocenters. The number of hydrogen-bond donors (Lipinski definition) is 7. The third-order valence-electron chi connectivity index (χ3n) is 11.5. The molecule has 1 heterocycles. The highest BCUT2D eigenvalue weighted by Crippen LogP contribution is 2.46. The van der Waals surface area contributed by atoms with Crippen LogP contribution in [0.1, 0.15) is 99.6 Å². The minimum absolute atomic E-state index is 0.0180. The van der Waals surface area contributed by atoms with Crippen molar-refractivity contribution in [1.82, 2.24) is 5.32 Å². The Morgan fingerprint density at radius 1 is 1.00 bits per heavy atom. The van der Waals surface area contributed by atoms with Gasteiger partial charge in [-0.25, -0.2) is 0 Å². The maximum atomic E-state index is 14.0. The van der Waals surface area contributed by atoms with Gasteiger partial charge in [0.2, 0.25) is 0 Å². The molecule has 1 aliphatic carbocycles. The molecule has 0 amide bonds. The standard InChI is InChI=1S/C46H58N2O9S2/c1-29(50)25-48-41-16-9-32(22-33(41)26-49)45(47-21-5-20-46(55)18-3-4-19-46)57-37-14-13-36(53)27-58-59-28-40-38(15-8-30-6-11-35(52)24-39(30)40)43-31(7-12-34(51)23-37)10-17-42(54)44(43)56-2/h6,8-11,15-17,22,24,36-37,45,47-49,52-55H,3-5,7,12-14,18-21,23,25-28H2,1-2H3/t36-,37+,45-/m0/s1. The number of rotatable bonds is 13. The number of nitrogens with one attached hydrogen (secondary N) is 2. The van der Waals surface area contributed by atoms with Gasteiger partial charge in [0.25, 0.3) is 0 Å². The number of aliphatic hydroxyl groups excluding tert-OH is 2. The number of Topliss-reactive ketones (excluding diaryl/α,β-unsaturated/α-hetero) is 2. The lowest BCUT2D eigenvalue weighted by molar-refractivity contribution is -0.124. The van der Waals surface area contributed by atoms with Crippen LogP contribution in [0.25, 0.3) is 21.9 Å². The van der Waals surface area contributed by atoms with Gasteiger partial charge in [0.05, 0.1) is 38.1 Å². The highest BCUT2D eigenvalue weighted by Gasteiger charge is 2.31. The molecule has 11 nitrogen and oxygen atoms in total. The average Bonchev–Trinajstić information content (AvgIpc) is 3.66. The fourth-order valence-electron chi connectivity index (χ4n) is 8.29. The van der Waals surface area contributed by atoms with Gasteiger partial charge in [-0.05, 0) is 122 Å².